The summed E-state index contributed by atoms with van der Waals surface area (Å²) in [5.74, 6) is 2.48. The minimum Gasteiger partial charge on any atom is -0.493 e. The maximum Gasteiger partial charge on any atom is 0.264 e. The molecule has 0 amide bonds. The molecule has 1 aromatic carbocycles. The average Bonchev–Trinajstić information content (AvgIpc) is 2.93. The van der Waals surface area contributed by atoms with Crippen molar-refractivity contribution < 1.29 is 14.0 Å². The van der Waals surface area contributed by atoms with E-state index in [0.717, 1.165) is 5.56 Å². The number of nitrogens with zero attached hydrogens (tertiary/aromatic N) is 2. The first-order valence-corrected chi connectivity index (χ1v) is 6.88. The number of likely N-dealkylation sites (N-methyl/N-ethyl adjacent to an activating group) is 1. The number of aromatic nitrogens is 2. The molecule has 0 aliphatic rings. The molecular formula is C15H21N3O3. The van der Waals surface area contributed by atoms with Crippen LogP contribution in [-0.2, 0) is 13.0 Å². The third-order valence-corrected chi connectivity index (χ3v) is 3.16. The summed E-state index contributed by atoms with van der Waals surface area (Å²) in [6.07, 6.45) is 0.716. The molecule has 0 aliphatic carbocycles. The van der Waals surface area contributed by atoms with Crippen LogP contribution >= 0.6 is 0 Å². The Morgan fingerprint density at radius 1 is 1.33 bits per heavy atom. The van der Waals surface area contributed by atoms with E-state index in [1.54, 1.807) is 7.11 Å². The lowest BCUT2D eigenvalue weighted by Crippen LogP contribution is -2.24. The van der Waals surface area contributed by atoms with Crippen LogP contribution in [0.4, 0.5) is 0 Å². The molecule has 0 radical (unpaired) electrons. The van der Waals surface area contributed by atoms with Crippen molar-refractivity contribution in [2.45, 2.75) is 32.9 Å². The second-order valence-corrected chi connectivity index (χ2v) is 4.94. The van der Waals surface area contributed by atoms with Crippen LogP contribution in [0.1, 0.15) is 24.2 Å². The van der Waals surface area contributed by atoms with Gasteiger partial charge in [-0.1, -0.05) is 11.2 Å². The Bertz CT molecular complexity index is 583. The van der Waals surface area contributed by atoms with Crippen molar-refractivity contribution in [3.8, 4) is 11.5 Å². The van der Waals surface area contributed by atoms with E-state index in [9.17, 15) is 0 Å². The summed E-state index contributed by atoms with van der Waals surface area (Å²) in [6.45, 7) is 4.28. The second-order valence-electron chi connectivity index (χ2n) is 4.94. The number of aryl methyl sites for hydroxylation is 1. The minimum absolute atomic E-state index is 0.223. The molecule has 1 unspecified atom stereocenters. The zero-order valence-corrected chi connectivity index (χ0v) is 12.8. The standard InChI is InChI=1S/C15H21N3O3/c1-10-5-6-12(13(7-10)19-4)20-9-15-17-14(18-21-15)8-11(2)16-3/h5-7,11,16H,8-9H2,1-4H3. The van der Waals surface area contributed by atoms with Crippen LogP contribution in [0.2, 0.25) is 0 Å². The van der Waals surface area contributed by atoms with Gasteiger partial charge < -0.3 is 19.3 Å². The number of ether oxygens (including phenoxy) is 2. The fraction of sp³-hybridized carbons (Fsp3) is 0.467. The van der Waals surface area contributed by atoms with Crippen LogP contribution in [0.25, 0.3) is 0 Å². The van der Waals surface area contributed by atoms with Gasteiger partial charge in [-0.3, -0.25) is 0 Å². The van der Waals surface area contributed by atoms with E-state index in [2.05, 4.69) is 22.4 Å². The fourth-order valence-electron chi connectivity index (χ4n) is 1.84. The summed E-state index contributed by atoms with van der Waals surface area (Å²) in [5.41, 5.74) is 1.11. The zero-order chi connectivity index (χ0) is 15.2. The Kier molecular flexibility index (Phi) is 5.16. The molecule has 21 heavy (non-hydrogen) atoms. The summed E-state index contributed by atoms with van der Waals surface area (Å²) in [5, 5.41) is 7.07. The molecule has 1 N–H and O–H groups in total. The number of benzene rings is 1. The predicted octanol–water partition coefficient (Wildman–Crippen LogP) is 2.12. The van der Waals surface area contributed by atoms with E-state index in [-0.39, 0.29) is 6.61 Å². The Balaban J connectivity index is 1.97. The molecule has 2 rings (SSSR count). The molecule has 6 nitrogen and oxygen atoms in total. The molecule has 1 aromatic heterocycles. The van der Waals surface area contributed by atoms with Gasteiger partial charge in [0.25, 0.3) is 5.89 Å². The molecule has 0 fully saturated rings. The number of methoxy groups -OCH3 is 1. The molecule has 0 saturated heterocycles. The van der Waals surface area contributed by atoms with E-state index in [1.165, 1.54) is 0 Å². The van der Waals surface area contributed by atoms with Crippen LogP contribution in [0.5, 0.6) is 11.5 Å². The van der Waals surface area contributed by atoms with Crippen molar-refractivity contribution in [3.05, 3.63) is 35.5 Å². The molecular weight excluding hydrogens is 270 g/mol. The minimum atomic E-state index is 0.223. The lowest BCUT2D eigenvalue weighted by Gasteiger charge is -2.09. The zero-order valence-electron chi connectivity index (χ0n) is 12.8. The Hall–Kier alpha value is -2.08. The second kappa shape index (κ2) is 7.08. The van der Waals surface area contributed by atoms with E-state index in [4.69, 9.17) is 14.0 Å². The molecule has 2 aromatic rings. The van der Waals surface area contributed by atoms with Gasteiger partial charge in [0, 0.05) is 12.5 Å². The van der Waals surface area contributed by atoms with Gasteiger partial charge in [-0.05, 0) is 38.6 Å². The Morgan fingerprint density at radius 3 is 2.86 bits per heavy atom. The average molecular weight is 291 g/mol. The normalized spacial score (nSPS) is 12.2. The molecule has 0 aliphatic heterocycles. The maximum absolute atomic E-state index is 5.68. The highest BCUT2D eigenvalue weighted by Crippen LogP contribution is 2.28. The number of rotatable bonds is 7. The van der Waals surface area contributed by atoms with E-state index in [1.807, 2.05) is 32.2 Å². The highest BCUT2D eigenvalue weighted by atomic mass is 16.5. The predicted molar refractivity (Wildman–Crippen MR) is 78.6 cm³/mol. The fourth-order valence-corrected chi connectivity index (χ4v) is 1.84. The van der Waals surface area contributed by atoms with Gasteiger partial charge in [-0.2, -0.15) is 4.98 Å². The lowest BCUT2D eigenvalue weighted by molar-refractivity contribution is 0.233. The Morgan fingerprint density at radius 2 is 2.14 bits per heavy atom. The van der Waals surface area contributed by atoms with E-state index >= 15 is 0 Å². The third-order valence-electron chi connectivity index (χ3n) is 3.16. The highest BCUT2D eigenvalue weighted by molar-refractivity contribution is 5.42. The van der Waals surface area contributed by atoms with Gasteiger partial charge in [0.1, 0.15) is 0 Å². The van der Waals surface area contributed by atoms with Crippen molar-refractivity contribution in [3.63, 3.8) is 0 Å². The van der Waals surface area contributed by atoms with Gasteiger partial charge in [-0.25, -0.2) is 0 Å². The number of hydrogen-bond donors (Lipinski definition) is 1. The molecule has 0 spiro atoms. The summed E-state index contributed by atoms with van der Waals surface area (Å²) < 4.78 is 16.1. The van der Waals surface area contributed by atoms with Crippen molar-refractivity contribution in [2.24, 2.45) is 0 Å². The molecule has 1 heterocycles. The quantitative estimate of drug-likeness (QED) is 0.842. The van der Waals surface area contributed by atoms with Gasteiger partial charge in [-0.15, -0.1) is 0 Å². The smallest absolute Gasteiger partial charge is 0.264 e. The van der Waals surface area contributed by atoms with Crippen LogP contribution in [0.15, 0.2) is 22.7 Å². The van der Waals surface area contributed by atoms with Crippen molar-refractivity contribution in [2.75, 3.05) is 14.2 Å². The number of hydrogen-bond acceptors (Lipinski definition) is 6. The van der Waals surface area contributed by atoms with Gasteiger partial charge >= 0.3 is 0 Å². The largest absolute Gasteiger partial charge is 0.493 e. The summed E-state index contributed by atoms with van der Waals surface area (Å²) in [6, 6.07) is 6.05. The van der Waals surface area contributed by atoms with Crippen LogP contribution < -0.4 is 14.8 Å². The monoisotopic (exact) mass is 291 g/mol. The van der Waals surface area contributed by atoms with E-state index in [0.29, 0.717) is 35.7 Å². The molecule has 0 saturated carbocycles. The number of nitrogens with one attached hydrogen (secondary N) is 1. The lowest BCUT2D eigenvalue weighted by atomic mass is 10.2. The third kappa shape index (κ3) is 4.19. The molecule has 114 valence electrons. The van der Waals surface area contributed by atoms with Gasteiger partial charge in [0.15, 0.2) is 23.9 Å². The van der Waals surface area contributed by atoms with Crippen molar-refractivity contribution >= 4 is 0 Å². The van der Waals surface area contributed by atoms with Crippen LogP contribution in [0.3, 0.4) is 0 Å². The topological polar surface area (TPSA) is 69.4 Å². The van der Waals surface area contributed by atoms with Crippen LogP contribution in [0, 0.1) is 6.92 Å². The Labute approximate surface area is 124 Å². The summed E-state index contributed by atoms with van der Waals surface area (Å²) in [7, 11) is 3.52. The highest BCUT2D eigenvalue weighted by Gasteiger charge is 2.11. The van der Waals surface area contributed by atoms with Crippen molar-refractivity contribution in [1.82, 2.24) is 15.5 Å². The first-order chi connectivity index (χ1) is 10.1. The first-order valence-electron chi connectivity index (χ1n) is 6.88. The summed E-state index contributed by atoms with van der Waals surface area (Å²) in [4.78, 5) is 4.30. The van der Waals surface area contributed by atoms with E-state index < -0.39 is 0 Å². The molecule has 6 heteroatoms. The van der Waals surface area contributed by atoms with Crippen LogP contribution in [-0.4, -0.2) is 30.3 Å². The van der Waals surface area contributed by atoms with Gasteiger partial charge in [0.05, 0.1) is 7.11 Å². The van der Waals surface area contributed by atoms with Crippen molar-refractivity contribution in [1.29, 1.82) is 0 Å². The summed E-state index contributed by atoms with van der Waals surface area (Å²) >= 11 is 0. The maximum atomic E-state index is 5.68. The SMILES string of the molecule is CNC(C)Cc1noc(COc2ccc(C)cc2OC)n1. The first kappa shape index (κ1) is 15.3. The molecule has 0 bridgehead atoms. The van der Waals surface area contributed by atoms with Gasteiger partial charge in [0.2, 0.25) is 0 Å². The molecule has 1 atom stereocenters.